The Kier molecular flexibility index (Phi) is 7.18. The average molecular weight is 446 g/mol. The largest absolute Gasteiger partial charge is 0.460 e. The lowest BCUT2D eigenvalue weighted by molar-refractivity contribution is -0.155. The first-order valence-electron chi connectivity index (χ1n) is 9.18. The third-order valence-corrected chi connectivity index (χ3v) is 4.23. The number of alkyl halides is 3. The van der Waals surface area contributed by atoms with Crippen LogP contribution in [0.15, 0.2) is 30.5 Å². The second-order valence-electron chi connectivity index (χ2n) is 7.71. The Balaban J connectivity index is 2.17. The van der Waals surface area contributed by atoms with Gasteiger partial charge < -0.3 is 9.64 Å². The summed E-state index contributed by atoms with van der Waals surface area (Å²) in [7, 11) is 1.37. The van der Waals surface area contributed by atoms with Crippen LogP contribution in [0.5, 0.6) is 0 Å². The summed E-state index contributed by atoms with van der Waals surface area (Å²) in [5, 5.41) is 4.13. The zero-order chi connectivity index (χ0) is 22.7. The Bertz CT molecular complexity index is 903. The summed E-state index contributed by atoms with van der Waals surface area (Å²) < 4.78 is 47.0. The van der Waals surface area contributed by atoms with Gasteiger partial charge in [-0.25, -0.2) is 4.68 Å². The maximum atomic E-state index is 13.7. The maximum absolute atomic E-state index is 13.7. The lowest BCUT2D eigenvalue weighted by Gasteiger charge is -2.21. The molecule has 1 aromatic carbocycles. The zero-order valence-corrected chi connectivity index (χ0v) is 17.8. The van der Waals surface area contributed by atoms with Crippen molar-refractivity contribution in [3.63, 3.8) is 0 Å². The van der Waals surface area contributed by atoms with Gasteiger partial charge in [0.05, 0.1) is 17.4 Å². The van der Waals surface area contributed by atoms with Crippen LogP contribution in [0.2, 0.25) is 5.02 Å². The molecule has 0 fully saturated rings. The van der Waals surface area contributed by atoms with E-state index in [9.17, 15) is 22.8 Å². The van der Waals surface area contributed by atoms with Crippen molar-refractivity contribution in [1.82, 2.24) is 14.7 Å². The number of carbonyl (C=O) groups excluding carboxylic acids is 2. The first-order chi connectivity index (χ1) is 13.8. The van der Waals surface area contributed by atoms with E-state index in [1.807, 2.05) is 0 Å². The minimum absolute atomic E-state index is 0.0467. The number of ether oxygens (including phenoxy) is 1. The fourth-order valence-electron chi connectivity index (χ4n) is 2.72. The summed E-state index contributed by atoms with van der Waals surface area (Å²) in [6, 6.07) is 5.62. The molecule has 0 bridgehead atoms. The molecule has 0 aliphatic rings. The minimum atomic E-state index is -4.81. The zero-order valence-electron chi connectivity index (χ0n) is 17.1. The van der Waals surface area contributed by atoms with E-state index in [4.69, 9.17) is 16.3 Å². The second kappa shape index (κ2) is 9.07. The molecule has 0 spiro atoms. The Hall–Kier alpha value is -2.55. The highest BCUT2D eigenvalue weighted by Gasteiger charge is 2.41. The lowest BCUT2D eigenvalue weighted by Crippen LogP contribution is -2.30. The smallest absolute Gasteiger partial charge is 0.434 e. The van der Waals surface area contributed by atoms with Crippen molar-refractivity contribution in [3.05, 3.63) is 46.7 Å². The third-order valence-electron chi connectivity index (χ3n) is 3.98. The van der Waals surface area contributed by atoms with Gasteiger partial charge in [-0.1, -0.05) is 11.6 Å². The summed E-state index contributed by atoms with van der Waals surface area (Å²) in [4.78, 5) is 25.5. The number of benzene rings is 1. The number of nitrogens with zero attached hydrogens (tertiary/aromatic N) is 3. The van der Waals surface area contributed by atoms with Gasteiger partial charge >= 0.3 is 12.1 Å². The summed E-state index contributed by atoms with van der Waals surface area (Å²) in [5.41, 5.74) is -2.25. The molecule has 0 atom stereocenters. The quantitative estimate of drug-likeness (QED) is 0.602. The van der Waals surface area contributed by atoms with Gasteiger partial charge in [-0.3, -0.25) is 9.59 Å². The van der Waals surface area contributed by atoms with Gasteiger partial charge in [0.2, 0.25) is 0 Å². The molecule has 10 heteroatoms. The standard InChI is InChI=1S/C20H23ClF3N3O3/c1-19(2,3)30-16(28)6-5-11-26(4)18(29)15-12-25-27(17(15)20(22,23)24)14-9-7-13(21)8-10-14/h7-10,12H,5-6,11H2,1-4H3. The van der Waals surface area contributed by atoms with E-state index in [0.717, 1.165) is 11.1 Å². The minimum Gasteiger partial charge on any atom is -0.460 e. The van der Waals surface area contributed by atoms with Gasteiger partial charge in [0, 0.05) is 25.0 Å². The number of amides is 1. The molecule has 0 radical (unpaired) electrons. The van der Waals surface area contributed by atoms with E-state index < -0.39 is 34.9 Å². The van der Waals surface area contributed by atoms with Crippen LogP contribution < -0.4 is 0 Å². The van der Waals surface area contributed by atoms with E-state index in [2.05, 4.69) is 5.10 Å². The summed E-state index contributed by atoms with van der Waals surface area (Å²) in [6.45, 7) is 5.29. The Morgan fingerprint density at radius 1 is 1.17 bits per heavy atom. The molecule has 1 heterocycles. The topological polar surface area (TPSA) is 64.4 Å². The van der Waals surface area contributed by atoms with Gasteiger partial charge in [-0.15, -0.1) is 0 Å². The molecule has 0 unspecified atom stereocenters. The number of aromatic nitrogens is 2. The van der Waals surface area contributed by atoms with E-state index in [1.165, 1.54) is 31.3 Å². The average Bonchev–Trinajstić information content (AvgIpc) is 3.05. The van der Waals surface area contributed by atoms with Crippen LogP contribution in [0, 0.1) is 0 Å². The van der Waals surface area contributed by atoms with Crippen LogP contribution in [0.25, 0.3) is 5.69 Å². The van der Waals surface area contributed by atoms with Gasteiger partial charge in [0.1, 0.15) is 5.60 Å². The van der Waals surface area contributed by atoms with Crippen LogP contribution >= 0.6 is 11.6 Å². The molecule has 0 saturated heterocycles. The van der Waals surface area contributed by atoms with Crippen LogP contribution in [0.1, 0.15) is 49.7 Å². The predicted octanol–water partition coefficient (Wildman–Crippen LogP) is 4.74. The van der Waals surface area contributed by atoms with Gasteiger partial charge in [0.25, 0.3) is 5.91 Å². The molecule has 1 aromatic heterocycles. The summed E-state index contributed by atoms with van der Waals surface area (Å²) in [5.74, 6) is -1.28. The van der Waals surface area contributed by atoms with Crippen molar-refractivity contribution in [2.45, 2.75) is 45.4 Å². The number of rotatable bonds is 6. The first kappa shape index (κ1) is 23.7. The lowest BCUT2D eigenvalue weighted by atomic mass is 10.2. The van der Waals surface area contributed by atoms with Crippen molar-refractivity contribution in [2.24, 2.45) is 0 Å². The molecule has 6 nitrogen and oxygen atoms in total. The van der Waals surface area contributed by atoms with Crippen LogP contribution in [0.3, 0.4) is 0 Å². The fraction of sp³-hybridized carbons (Fsp3) is 0.450. The van der Waals surface area contributed by atoms with Crippen LogP contribution in [-0.2, 0) is 15.7 Å². The molecule has 0 aliphatic carbocycles. The van der Waals surface area contributed by atoms with E-state index in [1.54, 1.807) is 20.8 Å². The number of halogens is 4. The van der Waals surface area contributed by atoms with Gasteiger partial charge in [0.15, 0.2) is 5.69 Å². The van der Waals surface area contributed by atoms with E-state index in [-0.39, 0.29) is 25.1 Å². The van der Waals surface area contributed by atoms with Gasteiger partial charge in [-0.2, -0.15) is 18.3 Å². The molecule has 0 saturated carbocycles. The highest BCUT2D eigenvalue weighted by atomic mass is 35.5. The molecule has 0 N–H and O–H groups in total. The monoisotopic (exact) mass is 445 g/mol. The molecule has 2 rings (SSSR count). The highest BCUT2D eigenvalue weighted by Crippen LogP contribution is 2.34. The maximum Gasteiger partial charge on any atom is 0.434 e. The summed E-state index contributed by atoms with van der Waals surface area (Å²) in [6.07, 6.45) is -3.61. The van der Waals surface area contributed by atoms with Crippen LogP contribution in [-0.4, -0.2) is 45.8 Å². The Morgan fingerprint density at radius 2 is 1.77 bits per heavy atom. The molecular formula is C20H23ClF3N3O3. The first-order valence-corrected chi connectivity index (χ1v) is 9.56. The van der Waals surface area contributed by atoms with Crippen molar-refractivity contribution in [1.29, 1.82) is 0 Å². The number of carbonyl (C=O) groups is 2. The van der Waals surface area contributed by atoms with E-state index >= 15 is 0 Å². The fourth-order valence-corrected chi connectivity index (χ4v) is 2.84. The number of hydrogen-bond donors (Lipinski definition) is 0. The molecule has 30 heavy (non-hydrogen) atoms. The Morgan fingerprint density at radius 3 is 2.30 bits per heavy atom. The molecule has 0 aliphatic heterocycles. The third kappa shape index (κ3) is 6.22. The molecule has 1 amide bonds. The number of hydrogen-bond acceptors (Lipinski definition) is 4. The molecule has 164 valence electrons. The summed E-state index contributed by atoms with van der Waals surface area (Å²) >= 11 is 5.79. The van der Waals surface area contributed by atoms with E-state index in [0.29, 0.717) is 9.70 Å². The number of esters is 1. The van der Waals surface area contributed by atoms with Gasteiger partial charge in [-0.05, 0) is 51.5 Å². The van der Waals surface area contributed by atoms with Crippen molar-refractivity contribution < 1.29 is 27.5 Å². The molecular weight excluding hydrogens is 423 g/mol. The SMILES string of the molecule is CN(CCCC(=O)OC(C)(C)C)C(=O)c1cnn(-c2ccc(Cl)cc2)c1C(F)(F)F. The van der Waals surface area contributed by atoms with Crippen LogP contribution in [0.4, 0.5) is 13.2 Å². The Labute approximate surface area is 177 Å². The van der Waals surface area contributed by atoms with Crippen molar-refractivity contribution in [3.8, 4) is 5.69 Å². The highest BCUT2D eigenvalue weighted by molar-refractivity contribution is 6.30. The molecule has 2 aromatic rings. The van der Waals surface area contributed by atoms with Crippen molar-refractivity contribution >= 4 is 23.5 Å². The second-order valence-corrected chi connectivity index (χ2v) is 8.15. The predicted molar refractivity (Wildman–Crippen MR) is 106 cm³/mol. The van der Waals surface area contributed by atoms with Crippen molar-refractivity contribution in [2.75, 3.05) is 13.6 Å². The normalized spacial score (nSPS) is 12.0.